The average molecular weight is 686 g/mol. The van der Waals surface area contributed by atoms with Crippen molar-refractivity contribution in [1.29, 1.82) is 0 Å². The van der Waals surface area contributed by atoms with Gasteiger partial charge in [-0.1, -0.05) is 6.07 Å². The van der Waals surface area contributed by atoms with E-state index in [0.29, 0.717) is 53.0 Å². The second kappa shape index (κ2) is 12.5. The molecule has 49 heavy (non-hydrogen) atoms. The number of fused-ring (bicyclic) bond motifs is 1. The molecule has 3 aromatic heterocycles. The number of ether oxygens (including phenoxy) is 2. The van der Waals surface area contributed by atoms with Gasteiger partial charge in [-0.05, 0) is 95.4 Å². The van der Waals surface area contributed by atoms with Crippen molar-refractivity contribution in [3.8, 4) is 28.1 Å². The summed E-state index contributed by atoms with van der Waals surface area (Å²) >= 11 is 1.26. The van der Waals surface area contributed by atoms with Crippen LogP contribution >= 0.6 is 11.5 Å². The third kappa shape index (κ3) is 6.71. The number of benzene rings is 2. The fourth-order valence-electron chi connectivity index (χ4n) is 6.45. The molecule has 2 N–H and O–H groups in total. The summed E-state index contributed by atoms with van der Waals surface area (Å²) in [6.07, 6.45) is 4.20. The highest BCUT2D eigenvalue weighted by atomic mass is 32.1. The number of pyridine rings is 1. The SMILES string of the molecule is CCOc1ccc(F)c(-c2cnc3ccc(-c4nc(Nc5cc(C)ns5)ncc4F)cc3c2N2C[C@@H](NC(=O)OC(C)(C)C)C3(CC3)C2)c1. The van der Waals surface area contributed by atoms with E-state index >= 15 is 8.78 Å². The number of halogens is 2. The summed E-state index contributed by atoms with van der Waals surface area (Å²) in [6, 6.07) is 11.8. The monoisotopic (exact) mass is 685 g/mol. The van der Waals surface area contributed by atoms with Crippen LogP contribution in [0.2, 0.25) is 0 Å². The summed E-state index contributed by atoms with van der Waals surface area (Å²) < 4.78 is 46.7. The quantitative estimate of drug-likeness (QED) is 0.168. The lowest BCUT2D eigenvalue weighted by molar-refractivity contribution is 0.0493. The number of nitrogens with zero attached hydrogens (tertiary/aromatic N) is 5. The molecule has 2 aliphatic rings. The van der Waals surface area contributed by atoms with Crippen molar-refractivity contribution in [1.82, 2.24) is 24.6 Å². The number of anilines is 3. The first-order valence-electron chi connectivity index (χ1n) is 16.2. The number of carbonyl (C=O) groups excluding carboxylic acids is 1. The summed E-state index contributed by atoms with van der Waals surface area (Å²) in [7, 11) is 0. The molecule has 10 nitrogen and oxygen atoms in total. The van der Waals surface area contributed by atoms with Crippen molar-refractivity contribution in [3.63, 3.8) is 0 Å². The summed E-state index contributed by atoms with van der Waals surface area (Å²) in [5.41, 5.74) is 2.92. The largest absolute Gasteiger partial charge is 0.494 e. The maximum atomic E-state index is 15.7. The van der Waals surface area contributed by atoms with Crippen molar-refractivity contribution in [3.05, 3.63) is 72.2 Å². The van der Waals surface area contributed by atoms with Crippen molar-refractivity contribution in [2.75, 3.05) is 29.9 Å². The lowest BCUT2D eigenvalue weighted by atomic mass is 9.98. The van der Waals surface area contributed by atoms with Gasteiger partial charge in [0.15, 0.2) is 5.82 Å². The molecule has 7 rings (SSSR count). The van der Waals surface area contributed by atoms with Crippen LogP contribution in [-0.2, 0) is 4.74 Å². The minimum Gasteiger partial charge on any atom is -0.494 e. The van der Waals surface area contributed by atoms with Gasteiger partial charge in [0, 0.05) is 46.8 Å². The van der Waals surface area contributed by atoms with Crippen LogP contribution in [0.1, 0.15) is 46.2 Å². The van der Waals surface area contributed by atoms with Crippen LogP contribution in [0, 0.1) is 24.0 Å². The highest BCUT2D eigenvalue weighted by molar-refractivity contribution is 7.10. The Labute approximate surface area is 287 Å². The molecule has 2 aromatic carbocycles. The maximum Gasteiger partial charge on any atom is 0.407 e. The Hall–Kier alpha value is -4.91. The van der Waals surface area contributed by atoms with Gasteiger partial charge in [0.25, 0.3) is 0 Å². The van der Waals surface area contributed by atoms with E-state index in [-0.39, 0.29) is 23.1 Å². The Bertz CT molecular complexity index is 2060. The molecule has 1 spiro atoms. The van der Waals surface area contributed by atoms with Crippen LogP contribution in [0.4, 0.5) is 30.2 Å². The number of carbonyl (C=O) groups is 1. The normalized spacial score (nSPS) is 16.6. The van der Waals surface area contributed by atoms with Gasteiger partial charge in [0.05, 0.1) is 35.7 Å². The van der Waals surface area contributed by atoms with E-state index in [1.807, 2.05) is 52.8 Å². The molecule has 2 fully saturated rings. The highest BCUT2D eigenvalue weighted by Crippen LogP contribution is 2.55. The number of alkyl carbamates (subject to hydrolysis) is 1. The van der Waals surface area contributed by atoms with Crippen LogP contribution < -0.4 is 20.3 Å². The molecule has 0 unspecified atom stereocenters. The second-order valence-electron chi connectivity index (χ2n) is 13.6. The van der Waals surface area contributed by atoms with Crippen molar-refractivity contribution in [2.45, 2.75) is 59.1 Å². The molecule has 1 saturated carbocycles. The molecule has 1 aliphatic heterocycles. The number of nitrogens with one attached hydrogen (secondary N) is 2. The Balaban J connectivity index is 1.34. The molecule has 13 heteroatoms. The Kier molecular flexibility index (Phi) is 8.34. The summed E-state index contributed by atoms with van der Waals surface area (Å²) in [5, 5.41) is 7.65. The van der Waals surface area contributed by atoms with E-state index < -0.39 is 23.3 Å². The molecule has 1 saturated heterocycles. The molecular weight excluding hydrogens is 649 g/mol. The van der Waals surface area contributed by atoms with Crippen LogP contribution in [0.5, 0.6) is 5.75 Å². The number of hydrogen-bond acceptors (Lipinski definition) is 10. The molecule has 0 radical (unpaired) electrons. The highest BCUT2D eigenvalue weighted by Gasteiger charge is 2.56. The Morgan fingerprint density at radius 2 is 1.88 bits per heavy atom. The molecule has 0 bridgehead atoms. The molecule has 1 amide bonds. The Morgan fingerprint density at radius 1 is 1.06 bits per heavy atom. The zero-order chi connectivity index (χ0) is 34.5. The van der Waals surface area contributed by atoms with E-state index in [2.05, 4.69) is 29.9 Å². The minimum absolute atomic E-state index is 0.103. The lowest BCUT2D eigenvalue weighted by Crippen LogP contribution is -2.44. The maximum absolute atomic E-state index is 15.7. The fraction of sp³-hybridized carbons (Fsp3) is 0.361. The van der Waals surface area contributed by atoms with Crippen LogP contribution in [0.15, 0.2) is 54.9 Å². The molecule has 1 atom stereocenters. The molecule has 254 valence electrons. The number of aromatic nitrogens is 4. The van der Waals surface area contributed by atoms with E-state index in [9.17, 15) is 4.79 Å². The van der Waals surface area contributed by atoms with Gasteiger partial charge in [-0.2, -0.15) is 4.37 Å². The van der Waals surface area contributed by atoms with E-state index in [1.165, 1.54) is 17.6 Å². The topological polar surface area (TPSA) is 114 Å². The van der Waals surface area contributed by atoms with Gasteiger partial charge < -0.3 is 25.0 Å². The van der Waals surface area contributed by atoms with Crippen LogP contribution in [0.3, 0.4) is 0 Å². The lowest BCUT2D eigenvalue weighted by Gasteiger charge is -2.25. The van der Waals surface area contributed by atoms with Gasteiger partial charge in [-0.15, -0.1) is 0 Å². The minimum atomic E-state index is -0.641. The number of aryl methyl sites for hydroxylation is 1. The first-order chi connectivity index (χ1) is 23.4. The van der Waals surface area contributed by atoms with Gasteiger partial charge in [0.2, 0.25) is 5.95 Å². The number of hydrogen-bond donors (Lipinski definition) is 2. The summed E-state index contributed by atoms with van der Waals surface area (Å²) in [4.78, 5) is 28.5. The first-order valence-corrected chi connectivity index (χ1v) is 17.0. The molecule has 4 heterocycles. The second-order valence-corrected chi connectivity index (χ2v) is 14.4. The summed E-state index contributed by atoms with van der Waals surface area (Å²) in [5.74, 6) is -0.260. The predicted octanol–water partition coefficient (Wildman–Crippen LogP) is 8.04. The molecule has 1 aliphatic carbocycles. The zero-order valence-electron chi connectivity index (χ0n) is 27.9. The van der Waals surface area contributed by atoms with E-state index in [0.717, 1.165) is 35.4 Å². The number of rotatable bonds is 8. The zero-order valence-corrected chi connectivity index (χ0v) is 28.8. The first kappa shape index (κ1) is 32.6. The van der Waals surface area contributed by atoms with Crippen LogP contribution in [0.25, 0.3) is 33.3 Å². The average Bonchev–Trinajstić information content (AvgIpc) is 3.59. The number of amides is 1. The van der Waals surface area contributed by atoms with E-state index in [1.54, 1.807) is 24.4 Å². The van der Waals surface area contributed by atoms with Crippen molar-refractivity contribution in [2.24, 2.45) is 5.41 Å². The van der Waals surface area contributed by atoms with Crippen LogP contribution in [-0.4, -0.2) is 56.8 Å². The van der Waals surface area contributed by atoms with E-state index in [4.69, 9.17) is 14.5 Å². The van der Waals surface area contributed by atoms with Crippen molar-refractivity contribution >= 4 is 45.2 Å². The predicted molar refractivity (Wildman–Crippen MR) is 186 cm³/mol. The van der Waals surface area contributed by atoms with Gasteiger partial charge in [-0.25, -0.2) is 23.5 Å². The Morgan fingerprint density at radius 3 is 2.59 bits per heavy atom. The smallest absolute Gasteiger partial charge is 0.407 e. The molecular formula is C36H37F2N7O3S. The third-order valence-corrected chi connectivity index (χ3v) is 9.60. The van der Waals surface area contributed by atoms with Crippen molar-refractivity contribution < 1.29 is 23.0 Å². The van der Waals surface area contributed by atoms with Gasteiger partial charge >= 0.3 is 6.09 Å². The fourth-order valence-corrected chi connectivity index (χ4v) is 7.10. The third-order valence-electron chi connectivity index (χ3n) is 8.81. The standard InChI is InChI=1S/C36H37F2N7O3S/c1-6-47-22-8-9-26(37)23(15-22)25-16-39-28-10-7-21(31-27(38)17-40-33(43-31)42-30-13-20(2)44-49-30)14-24(28)32(25)45-18-29(36(19-45)11-12-36)41-34(46)48-35(3,4)5/h7-10,13-17,29H,6,11-12,18-19H2,1-5H3,(H,41,46)(H,40,42,43)/t29-/m1/s1. The van der Waals surface area contributed by atoms with Gasteiger partial charge in [-0.3, -0.25) is 4.98 Å². The van der Waals surface area contributed by atoms with Gasteiger partial charge in [0.1, 0.15) is 27.9 Å². The molecule has 5 aromatic rings. The summed E-state index contributed by atoms with van der Waals surface area (Å²) in [6.45, 7) is 10.8.